The van der Waals surface area contributed by atoms with Crippen molar-refractivity contribution < 1.29 is 9.09 Å². The highest BCUT2D eigenvalue weighted by molar-refractivity contribution is 9.10. The minimum absolute atomic E-state index is 0.0234. The van der Waals surface area contributed by atoms with Crippen molar-refractivity contribution in [2.24, 2.45) is 0 Å². The number of hydrogen-bond donors (Lipinski definition) is 0. The van der Waals surface area contributed by atoms with Gasteiger partial charge >= 0.3 is 8.69 Å². The molecule has 0 saturated carbocycles. The van der Waals surface area contributed by atoms with E-state index in [2.05, 4.69) is 20.5 Å². The molecule has 0 spiro atoms. The lowest BCUT2D eigenvalue weighted by Gasteiger charge is -2.16. The Labute approximate surface area is 65.4 Å². The van der Waals surface area contributed by atoms with Gasteiger partial charge in [0.05, 0.1) is 6.61 Å². The first-order valence-electron chi connectivity index (χ1n) is 2.76. The maximum Gasteiger partial charge on any atom is 0.327 e. The van der Waals surface area contributed by atoms with Crippen molar-refractivity contribution in [2.75, 3.05) is 6.61 Å². The molecule has 0 aromatic heterocycles. The van der Waals surface area contributed by atoms with Gasteiger partial charge in [-0.3, -0.25) is 4.52 Å². The van der Waals surface area contributed by atoms with E-state index in [1.54, 1.807) is 0 Å². The number of hydrogen-bond acceptors (Lipinski definition) is 2. The maximum atomic E-state index is 9.82. The van der Waals surface area contributed by atoms with Gasteiger partial charge in [-0.25, -0.2) is 4.57 Å². The molecule has 0 aliphatic heterocycles. The Bertz CT molecular complexity index is 95.0. The van der Waals surface area contributed by atoms with E-state index in [0.717, 1.165) is 6.42 Å². The number of rotatable bonds is 4. The second-order valence-corrected chi connectivity index (χ2v) is 4.44. The van der Waals surface area contributed by atoms with E-state index in [1.807, 2.05) is 13.8 Å². The van der Waals surface area contributed by atoms with Gasteiger partial charge in [0.25, 0.3) is 0 Å². The van der Waals surface area contributed by atoms with Crippen LogP contribution in [-0.2, 0) is 9.09 Å². The topological polar surface area (TPSA) is 26.3 Å². The summed E-state index contributed by atoms with van der Waals surface area (Å²) < 4.78 is 14.5. The maximum absolute atomic E-state index is 9.82. The lowest BCUT2D eigenvalue weighted by molar-refractivity contribution is 0.301. The van der Waals surface area contributed by atoms with Crippen LogP contribution in [0.3, 0.4) is 0 Å². The van der Waals surface area contributed by atoms with Crippen molar-refractivity contribution in [2.45, 2.75) is 24.6 Å². The molecule has 0 aromatic carbocycles. The van der Waals surface area contributed by atoms with E-state index in [0.29, 0.717) is 6.61 Å². The van der Waals surface area contributed by atoms with Gasteiger partial charge < -0.3 is 0 Å². The lowest BCUT2D eigenvalue weighted by Crippen LogP contribution is -2.19. The molecule has 0 radical (unpaired) electrons. The standard InChI is InChI=1S/C5H10BrO2P/c1-3-5(2,6)4-8-9-7/h3-4H2,1-2H3. The van der Waals surface area contributed by atoms with Crippen molar-refractivity contribution in [1.29, 1.82) is 0 Å². The Hall–Kier alpha value is 0.540. The highest BCUT2D eigenvalue weighted by atomic mass is 79.9. The normalized spacial score (nSPS) is 17.7. The van der Waals surface area contributed by atoms with Crippen LogP contribution in [0.2, 0.25) is 0 Å². The zero-order valence-corrected chi connectivity index (χ0v) is 8.04. The fourth-order valence-electron chi connectivity index (χ4n) is 0.263. The van der Waals surface area contributed by atoms with Crippen LogP contribution in [-0.4, -0.2) is 10.9 Å². The van der Waals surface area contributed by atoms with Crippen LogP contribution >= 0.6 is 24.6 Å². The van der Waals surface area contributed by atoms with Crippen LogP contribution in [0, 0.1) is 0 Å². The third-order valence-electron chi connectivity index (χ3n) is 1.16. The molecule has 0 aliphatic rings. The average molecular weight is 213 g/mol. The lowest BCUT2D eigenvalue weighted by atomic mass is 10.1. The Morgan fingerprint density at radius 3 is 2.67 bits per heavy atom. The summed E-state index contributed by atoms with van der Waals surface area (Å²) in [6, 6.07) is 0. The van der Waals surface area contributed by atoms with Crippen molar-refractivity contribution in [1.82, 2.24) is 0 Å². The zero-order valence-electron chi connectivity index (χ0n) is 5.56. The predicted octanol–water partition coefficient (Wildman–Crippen LogP) is 2.77. The Morgan fingerprint density at radius 2 is 2.33 bits per heavy atom. The summed E-state index contributed by atoms with van der Waals surface area (Å²) in [6.45, 7) is 4.52. The predicted molar refractivity (Wildman–Crippen MR) is 41.2 cm³/mol. The van der Waals surface area contributed by atoms with Crippen LogP contribution in [0.1, 0.15) is 20.3 Å². The zero-order chi connectivity index (χ0) is 7.33. The van der Waals surface area contributed by atoms with Gasteiger partial charge in [-0.1, -0.05) is 22.9 Å². The summed E-state index contributed by atoms with van der Waals surface area (Å²) in [7, 11) is -0.241. The van der Waals surface area contributed by atoms with Crippen LogP contribution in [0.15, 0.2) is 0 Å². The molecule has 54 valence electrons. The van der Waals surface area contributed by atoms with Crippen molar-refractivity contribution >= 4 is 24.6 Å². The van der Waals surface area contributed by atoms with Gasteiger partial charge in [0.2, 0.25) is 0 Å². The molecular weight excluding hydrogens is 203 g/mol. The van der Waals surface area contributed by atoms with Gasteiger partial charge in [0.1, 0.15) is 0 Å². The first kappa shape index (κ1) is 9.54. The molecule has 0 amide bonds. The van der Waals surface area contributed by atoms with E-state index in [-0.39, 0.29) is 13.0 Å². The molecule has 0 aromatic rings. The van der Waals surface area contributed by atoms with Gasteiger partial charge in [-0.05, 0) is 13.3 Å². The summed E-state index contributed by atoms with van der Waals surface area (Å²) in [5.74, 6) is 0. The largest absolute Gasteiger partial charge is 0.327 e. The Morgan fingerprint density at radius 1 is 1.78 bits per heavy atom. The molecule has 4 heteroatoms. The molecular formula is C5H10BrO2P. The Kier molecular flexibility index (Phi) is 4.63. The van der Waals surface area contributed by atoms with Gasteiger partial charge in [-0.2, -0.15) is 0 Å². The van der Waals surface area contributed by atoms with Crippen molar-refractivity contribution in [3.63, 3.8) is 0 Å². The molecule has 0 heterocycles. The van der Waals surface area contributed by atoms with E-state index in [1.165, 1.54) is 0 Å². The molecule has 0 saturated heterocycles. The molecule has 9 heavy (non-hydrogen) atoms. The fourth-order valence-corrected chi connectivity index (χ4v) is 0.892. The third-order valence-corrected chi connectivity index (χ3v) is 2.18. The summed E-state index contributed by atoms with van der Waals surface area (Å²) >= 11 is 3.41. The van der Waals surface area contributed by atoms with Crippen molar-refractivity contribution in [3.8, 4) is 0 Å². The average Bonchev–Trinajstić information content (AvgIpc) is 1.84. The van der Waals surface area contributed by atoms with Crippen LogP contribution in [0.5, 0.6) is 0 Å². The smallest absolute Gasteiger partial charge is 0.293 e. The van der Waals surface area contributed by atoms with Crippen molar-refractivity contribution in [3.05, 3.63) is 0 Å². The molecule has 0 aliphatic carbocycles. The highest BCUT2D eigenvalue weighted by Gasteiger charge is 2.17. The molecule has 1 unspecified atom stereocenters. The molecule has 0 rings (SSSR count). The minimum atomic E-state index is -0.241. The molecule has 0 bridgehead atoms. The quantitative estimate of drug-likeness (QED) is 0.530. The minimum Gasteiger partial charge on any atom is -0.293 e. The van der Waals surface area contributed by atoms with Crippen LogP contribution < -0.4 is 0 Å². The SMILES string of the molecule is CCC(C)(Br)COP=O. The first-order valence-corrected chi connectivity index (χ1v) is 4.28. The third kappa shape index (κ3) is 5.01. The van der Waals surface area contributed by atoms with E-state index >= 15 is 0 Å². The van der Waals surface area contributed by atoms with E-state index in [9.17, 15) is 4.57 Å². The van der Waals surface area contributed by atoms with E-state index < -0.39 is 0 Å². The van der Waals surface area contributed by atoms with Gasteiger partial charge in [-0.15, -0.1) is 0 Å². The fraction of sp³-hybridized carbons (Fsp3) is 1.00. The Balaban J connectivity index is 3.44. The van der Waals surface area contributed by atoms with Gasteiger partial charge in [0, 0.05) is 4.32 Å². The first-order chi connectivity index (χ1) is 4.12. The van der Waals surface area contributed by atoms with Gasteiger partial charge in [0.15, 0.2) is 0 Å². The summed E-state index contributed by atoms with van der Waals surface area (Å²) in [5, 5.41) is 0. The summed E-state index contributed by atoms with van der Waals surface area (Å²) in [5.41, 5.74) is 0. The molecule has 2 nitrogen and oxygen atoms in total. The number of halogens is 1. The molecule has 0 N–H and O–H groups in total. The van der Waals surface area contributed by atoms with E-state index in [4.69, 9.17) is 0 Å². The molecule has 0 fully saturated rings. The number of alkyl halides is 1. The summed E-state index contributed by atoms with van der Waals surface area (Å²) in [4.78, 5) is 0. The van der Waals surface area contributed by atoms with Crippen LogP contribution in [0.4, 0.5) is 0 Å². The summed E-state index contributed by atoms with van der Waals surface area (Å²) in [6.07, 6.45) is 0.961. The monoisotopic (exact) mass is 212 g/mol. The molecule has 1 atom stereocenters. The highest BCUT2D eigenvalue weighted by Crippen LogP contribution is 2.22. The second kappa shape index (κ2) is 4.37. The second-order valence-electron chi connectivity index (χ2n) is 2.11. The van der Waals surface area contributed by atoms with Crippen LogP contribution in [0.25, 0.3) is 0 Å².